The summed E-state index contributed by atoms with van der Waals surface area (Å²) in [6.07, 6.45) is 2.51. The summed E-state index contributed by atoms with van der Waals surface area (Å²) in [5.41, 5.74) is 2.77. The average molecular weight is 220 g/mol. The lowest BCUT2D eigenvalue weighted by Gasteiger charge is -2.20. The summed E-state index contributed by atoms with van der Waals surface area (Å²) in [5.74, 6) is 0. The molecule has 0 aliphatic heterocycles. The molecule has 1 N–H and O–H groups in total. The minimum Gasteiger partial charge on any atom is -0.393 e. The van der Waals surface area contributed by atoms with Gasteiger partial charge in [0.05, 0.1) is 6.10 Å². The first-order chi connectivity index (χ1) is 7.43. The smallest absolute Gasteiger partial charge is 0.0580 e. The third kappa shape index (κ3) is 3.97. The maximum atomic E-state index is 9.80. The van der Waals surface area contributed by atoms with Crippen molar-refractivity contribution in [1.29, 1.82) is 0 Å². The highest BCUT2D eigenvalue weighted by Crippen LogP contribution is 2.23. The van der Waals surface area contributed by atoms with Crippen LogP contribution in [0.4, 0.5) is 0 Å². The van der Waals surface area contributed by atoms with E-state index in [0.29, 0.717) is 0 Å². The zero-order valence-corrected chi connectivity index (χ0v) is 11.0. The van der Waals surface area contributed by atoms with Gasteiger partial charge in [0, 0.05) is 0 Å². The number of aliphatic hydroxyl groups is 1. The Hall–Kier alpha value is -0.820. The molecular weight excluding hydrogens is 196 g/mol. The van der Waals surface area contributed by atoms with Crippen LogP contribution in [0.3, 0.4) is 0 Å². The predicted octanol–water partition coefficient (Wildman–Crippen LogP) is 3.69. The topological polar surface area (TPSA) is 20.2 Å². The minimum atomic E-state index is -0.194. The molecule has 0 saturated heterocycles. The summed E-state index contributed by atoms with van der Waals surface area (Å²) >= 11 is 0. The largest absolute Gasteiger partial charge is 0.393 e. The Bertz CT molecular complexity index is 322. The molecule has 16 heavy (non-hydrogen) atoms. The molecular formula is C15H24O. The van der Waals surface area contributed by atoms with E-state index >= 15 is 0 Å². The fraction of sp³-hybridized carbons (Fsp3) is 0.600. The number of benzene rings is 1. The second kappa shape index (κ2) is 5.49. The maximum Gasteiger partial charge on any atom is 0.0580 e. The second-order valence-corrected chi connectivity index (χ2v) is 5.60. The van der Waals surface area contributed by atoms with Gasteiger partial charge in [0.15, 0.2) is 0 Å². The van der Waals surface area contributed by atoms with Crippen LogP contribution in [-0.4, -0.2) is 11.2 Å². The highest BCUT2D eigenvalue weighted by atomic mass is 16.3. The fourth-order valence-corrected chi connectivity index (χ4v) is 1.87. The van der Waals surface area contributed by atoms with E-state index < -0.39 is 0 Å². The van der Waals surface area contributed by atoms with E-state index in [1.807, 2.05) is 0 Å². The van der Waals surface area contributed by atoms with E-state index in [1.165, 1.54) is 11.1 Å². The van der Waals surface area contributed by atoms with Crippen molar-refractivity contribution in [1.82, 2.24) is 0 Å². The van der Waals surface area contributed by atoms with Gasteiger partial charge < -0.3 is 5.11 Å². The van der Waals surface area contributed by atoms with Crippen LogP contribution >= 0.6 is 0 Å². The van der Waals surface area contributed by atoms with Gasteiger partial charge in [-0.15, -0.1) is 0 Å². The molecule has 0 radical (unpaired) electrons. The van der Waals surface area contributed by atoms with Gasteiger partial charge in [0.25, 0.3) is 0 Å². The fourth-order valence-electron chi connectivity index (χ4n) is 1.87. The normalized spacial score (nSPS) is 13.8. The van der Waals surface area contributed by atoms with Crippen LogP contribution in [0.2, 0.25) is 0 Å². The van der Waals surface area contributed by atoms with Gasteiger partial charge >= 0.3 is 0 Å². The predicted molar refractivity (Wildman–Crippen MR) is 69.8 cm³/mol. The molecule has 1 aromatic rings. The summed E-state index contributed by atoms with van der Waals surface area (Å²) in [7, 11) is 0. The lowest BCUT2D eigenvalue weighted by atomic mass is 9.85. The molecule has 0 aromatic heterocycles. The van der Waals surface area contributed by atoms with Crippen molar-refractivity contribution in [3.05, 3.63) is 35.4 Å². The Morgan fingerprint density at radius 2 is 1.94 bits per heavy atom. The van der Waals surface area contributed by atoms with Gasteiger partial charge in [-0.2, -0.15) is 0 Å². The molecule has 90 valence electrons. The molecule has 0 saturated carbocycles. The monoisotopic (exact) mass is 220 g/mol. The van der Waals surface area contributed by atoms with E-state index in [2.05, 4.69) is 52.0 Å². The van der Waals surface area contributed by atoms with Crippen molar-refractivity contribution in [3.8, 4) is 0 Å². The average Bonchev–Trinajstić information content (AvgIpc) is 2.17. The van der Waals surface area contributed by atoms with Crippen molar-refractivity contribution in [2.45, 2.75) is 58.5 Å². The van der Waals surface area contributed by atoms with Crippen molar-refractivity contribution < 1.29 is 5.11 Å². The summed E-state index contributed by atoms with van der Waals surface area (Å²) < 4.78 is 0. The molecule has 0 spiro atoms. The highest BCUT2D eigenvalue weighted by Gasteiger charge is 2.14. The Morgan fingerprint density at radius 1 is 1.25 bits per heavy atom. The molecule has 0 amide bonds. The first kappa shape index (κ1) is 13.2. The molecule has 1 aromatic carbocycles. The van der Waals surface area contributed by atoms with Gasteiger partial charge in [0.1, 0.15) is 0 Å². The van der Waals surface area contributed by atoms with Crippen LogP contribution in [0.1, 0.15) is 51.7 Å². The third-order valence-electron chi connectivity index (χ3n) is 2.89. The van der Waals surface area contributed by atoms with Crippen LogP contribution in [0, 0.1) is 0 Å². The lowest BCUT2D eigenvalue weighted by Crippen LogP contribution is -2.13. The van der Waals surface area contributed by atoms with Crippen LogP contribution in [0.15, 0.2) is 24.3 Å². The molecule has 0 heterocycles. The summed E-state index contributed by atoms with van der Waals surface area (Å²) in [6.45, 7) is 8.76. The van der Waals surface area contributed by atoms with Crippen LogP contribution in [0.25, 0.3) is 0 Å². The molecule has 1 unspecified atom stereocenters. The van der Waals surface area contributed by atoms with Gasteiger partial charge in [0.2, 0.25) is 0 Å². The van der Waals surface area contributed by atoms with Crippen molar-refractivity contribution in [2.75, 3.05) is 0 Å². The standard InChI is InChI=1S/C15H24O/c1-5-7-14(16)11-12-8-6-9-13(10-12)15(2,3)4/h6,8-10,14,16H,5,7,11H2,1-4H3. The zero-order valence-electron chi connectivity index (χ0n) is 11.0. The number of hydrogen-bond donors (Lipinski definition) is 1. The SMILES string of the molecule is CCCC(O)Cc1cccc(C(C)(C)C)c1. The van der Waals surface area contributed by atoms with E-state index in [1.54, 1.807) is 0 Å². The van der Waals surface area contributed by atoms with Crippen molar-refractivity contribution in [3.63, 3.8) is 0 Å². The van der Waals surface area contributed by atoms with Crippen LogP contribution in [0.5, 0.6) is 0 Å². The first-order valence-corrected chi connectivity index (χ1v) is 6.21. The Balaban J connectivity index is 2.75. The molecule has 0 fully saturated rings. The van der Waals surface area contributed by atoms with Crippen molar-refractivity contribution >= 4 is 0 Å². The number of aliphatic hydroxyl groups excluding tert-OH is 1. The highest BCUT2D eigenvalue weighted by molar-refractivity contribution is 5.28. The molecule has 1 rings (SSSR count). The summed E-state index contributed by atoms with van der Waals surface area (Å²) in [6, 6.07) is 8.58. The van der Waals surface area contributed by atoms with Gasteiger partial charge in [-0.3, -0.25) is 0 Å². The maximum absolute atomic E-state index is 9.80. The quantitative estimate of drug-likeness (QED) is 0.820. The Labute approximate surface area is 99.5 Å². The van der Waals surface area contributed by atoms with E-state index in [0.717, 1.165) is 19.3 Å². The summed E-state index contributed by atoms with van der Waals surface area (Å²) in [5, 5.41) is 9.80. The zero-order chi connectivity index (χ0) is 12.2. The van der Waals surface area contributed by atoms with E-state index in [9.17, 15) is 5.11 Å². The number of rotatable bonds is 4. The van der Waals surface area contributed by atoms with Gasteiger partial charge in [-0.1, -0.05) is 58.4 Å². The van der Waals surface area contributed by atoms with E-state index in [-0.39, 0.29) is 11.5 Å². The molecule has 1 nitrogen and oxygen atoms in total. The second-order valence-electron chi connectivity index (χ2n) is 5.60. The molecule has 1 heteroatoms. The Morgan fingerprint density at radius 3 is 2.50 bits per heavy atom. The van der Waals surface area contributed by atoms with Crippen molar-refractivity contribution in [2.24, 2.45) is 0 Å². The molecule has 0 aliphatic carbocycles. The van der Waals surface area contributed by atoms with Gasteiger partial charge in [-0.25, -0.2) is 0 Å². The third-order valence-corrected chi connectivity index (χ3v) is 2.89. The number of hydrogen-bond acceptors (Lipinski definition) is 1. The van der Waals surface area contributed by atoms with E-state index in [4.69, 9.17) is 0 Å². The summed E-state index contributed by atoms with van der Waals surface area (Å²) in [4.78, 5) is 0. The molecule has 0 aliphatic rings. The first-order valence-electron chi connectivity index (χ1n) is 6.21. The Kier molecular flexibility index (Phi) is 4.55. The molecule has 0 bridgehead atoms. The van der Waals surface area contributed by atoms with Gasteiger partial charge in [-0.05, 0) is 29.4 Å². The lowest BCUT2D eigenvalue weighted by molar-refractivity contribution is 0.164. The van der Waals surface area contributed by atoms with Crippen LogP contribution < -0.4 is 0 Å². The minimum absolute atomic E-state index is 0.186. The van der Waals surface area contributed by atoms with Crippen LogP contribution in [-0.2, 0) is 11.8 Å². The molecule has 1 atom stereocenters.